The average molecular weight is 684 g/mol. The Kier molecular flexibility index (Phi) is 6.21. The highest BCUT2D eigenvalue weighted by Crippen LogP contribution is 2.51. The lowest BCUT2D eigenvalue weighted by Gasteiger charge is -2.28. The number of nitrogens with zero attached hydrogens (tertiary/aromatic N) is 1. The molecule has 0 bridgehead atoms. The summed E-state index contributed by atoms with van der Waals surface area (Å²) in [6.45, 7) is 4.69. The lowest BCUT2D eigenvalue weighted by molar-refractivity contribution is 0.660. The third kappa shape index (κ3) is 4.23. The summed E-state index contributed by atoms with van der Waals surface area (Å²) in [6.07, 6.45) is 0. The van der Waals surface area contributed by atoms with Gasteiger partial charge in [0.15, 0.2) is 0 Å². The lowest BCUT2D eigenvalue weighted by atomic mass is 9.82. The zero-order chi connectivity index (χ0) is 34.6. The molecule has 1 aliphatic carbocycles. The molecule has 8 aromatic carbocycles. The smallest absolute Gasteiger partial charge is 0.137 e. The van der Waals surface area contributed by atoms with Gasteiger partial charge in [-0.25, -0.2) is 0 Å². The molecule has 0 saturated carbocycles. The summed E-state index contributed by atoms with van der Waals surface area (Å²) in [7, 11) is 0. The maximum absolute atomic E-state index is 6.42. The molecule has 11 rings (SSSR count). The molecule has 2 nitrogen and oxygen atoms in total. The normalized spacial score (nSPS) is 13.3. The average Bonchev–Trinajstić information content (AvgIpc) is 3.83. The number of rotatable bonds is 4. The van der Waals surface area contributed by atoms with Gasteiger partial charge in [-0.05, 0) is 98.8 Å². The van der Waals surface area contributed by atoms with Crippen molar-refractivity contribution in [1.82, 2.24) is 0 Å². The molecule has 3 heteroatoms. The number of hydrogen-bond donors (Lipinski definition) is 0. The highest BCUT2D eigenvalue weighted by molar-refractivity contribution is 7.26. The standard InChI is InChI=1S/C49H33NOS/c1-49(2)41-15-6-3-11-36(41)37-25-23-33(28-42(37)49)50(34-24-26-39-38-12-4-7-16-43(38)51-44(39)29-34)32-21-18-30(19-22-32)35-14-9-10-31-20-27-46-48(47(31)35)40-13-5-8-17-45(40)52-46/h3-29H,1-2H3. The maximum atomic E-state index is 6.42. The van der Waals surface area contributed by atoms with Crippen molar-refractivity contribution in [3.63, 3.8) is 0 Å². The van der Waals surface area contributed by atoms with Gasteiger partial charge in [-0.2, -0.15) is 0 Å². The van der Waals surface area contributed by atoms with Crippen molar-refractivity contribution in [1.29, 1.82) is 0 Å². The van der Waals surface area contributed by atoms with Gasteiger partial charge in [-0.1, -0.05) is 117 Å². The predicted octanol–water partition coefficient (Wildman–Crippen LogP) is 14.6. The number of fused-ring (bicyclic) bond motifs is 11. The molecule has 0 amide bonds. The summed E-state index contributed by atoms with van der Waals surface area (Å²) >= 11 is 1.87. The van der Waals surface area contributed by atoms with Gasteiger partial charge >= 0.3 is 0 Å². The fraction of sp³-hybridized carbons (Fsp3) is 0.0612. The predicted molar refractivity (Wildman–Crippen MR) is 222 cm³/mol. The van der Waals surface area contributed by atoms with Gasteiger partial charge in [-0.15, -0.1) is 11.3 Å². The van der Waals surface area contributed by atoms with E-state index in [9.17, 15) is 0 Å². The van der Waals surface area contributed by atoms with E-state index in [1.165, 1.54) is 64.3 Å². The van der Waals surface area contributed by atoms with Crippen LogP contribution < -0.4 is 4.90 Å². The Labute approximate surface area is 305 Å². The zero-order valence-corrected chi connectivity index (χ0v) is 29.7. The molecular weight excluding hydrogens is 651 g/mol. The van der Waals surface area contributed by atoms with E-state index in [4.69, 9.17) is 4.42 Å². The third-order valence-corrected chi connectivity index (χ3v) is 12.4. The van der Waals surface area contributed by atoms with E-state index in [0.29, 0.717) is 0 Å². The second kappa shape index (κ2) is 10.9. The second-order valence-electron chi connectivity index (χ2n) is 14.5. The molecule has 0 fully saturated rings. The van der Waals surface area contributed by atoms with Gasteiger partial charge in [0, 0.05) is 59.5 Å². The van der Waals surface area contributed by atoms with E-state index >= 15 is 0 Å². The minimum Gasteiger partial charge on any atom is -0.456 e. The first kappa shape index (κ1) is 29.6. The Morgan fingerprint density at radius 2 is 1.15 bits per heavy atom. The van der Waals surface area contributed by atoms with Crippen LogP contribution in [0.25, 0.3) is 75.1 Å². The van der Waals surface area contributed by atoms with E-state index in [2.05, 4.69) is 170 Å². The SMILES string of the molecule is CC1(C)c2ccccc2-c2ccc(N(c3ccc(-c4cccc5ccc6sc7ccccc7c6c45)cc3)c3ccc4c(c3)oc3ccccc34)cc21. The molecule has 0 unspecified atom stereocenters. The first-order chi connectivity index (χ1) is 25.5. The molecule has 0 N–H and O–H groups in total. The van der Waals surface area contributed by atoms with Crippen molar-refractivity contribution < 1.29 is 4.42 Å². The number of para-hydroxylation sites is 1. The minimum absolute atomic E-state index is 0.105. The minimum atomic E-state index is -0.105. The van der Waals surface area contributed by atoms with Crippen LogP contribution in [0.3, 0.4) is 0 Å². The number of anilines is 3. The molecule has 0 saturated heterocycles. The van der Waals surface area contributed by atoms with Gasteiger partial charge < -0.3 is 9.32 Å². The molecule has 0 aliphatic heterocycles. The van der Waals surface area contributed by atoms with Gasteiger partial charge in [0.2, 0.25) is 0 Å². The number of thiophene rings is 1. The maximum Gasteiger partial charge on any atom is 0.137 e. The molecule has 2 aromatic heterocycles. The monoisotopic (exact) mass is 683 g/mol. The van der Waals surface area contributed by atoms with E-state index in [1.807, 2.05) is 23.5 Å². The van der Waals surface area contributed by atoms with Crippen molar-refractivity contribution in [2.45, 2.75) is 19.3 Å². The fourth-order valence-electron chi connectivity index (χ4n) is 8.76. The Balaban J connectivity index is 1.09. The molecule has 0 atom stereocenters. The Hall–Kier alpha value is -6.16. The van der Waals surface area contributed by atoms with Crippen molar-refractivity contribution in [2.75, 3.05) is 4.90 Å². The van der Waals surface area contributed by atoms with Gasteiger partial charge in [0.1, 0.15) is 11.2 Å². The van der Waals surface area contributed by atoms with Crippen LogP contribution in [0.4, 0.5) is 17.1 Å². The second-order valence-corrected chi connectivity index (χ2v) is 15.6. The first-order valence-electron chi connectivity index (χ1n) is 17.9. The highest BCUT2D eigenvalue weighted by atomic mass is 32.1. The van der Waals surface area contributed by atoms with Gasteiger partial charge in [-0.3, -0.25) is 0 Å². The Morgan fingerprint density at radius 1 is 0.462 bits per heavy atom. The van der Waals surface area contributed by atoms with Crippen LogP contribution in [0.15, 0.2) is 168 Å². The summed E-state index contributed by atoms with van der Waals surface area (Å²) in [4.78, 5) is 2.38. The fourth-order valence-corrected chi connectivity index (χ4v) is 9.87. The topological polar surface area (TPSA) is 16.4 Å². The van der Waals surface area contributed by atoms with E-state index in [1.54, 1.807) is 0 Å². The summed E-state index contributed by atoms with van der Waals surface area (Å²) in [6, 6.07) is 59.9. The molecule has 0 radical (unpaired) electrons. The molecule has 246 valence electrons. The van der Waals surface area contributed by atoms with Crippen LogP contribution >= 0.6 is 11.3 Å². The van der Waals surface area contributed by atoms with Crippen LogP contribution in [0.2, 0.25) is 0 Å². The highest BCUT2D eigenvalue weighted by Gasteiger charge is 2.35. The largest absolute Gasteiger partial charge is 0.456 e. The van der Waals surface area contributed by atoms with Crippen LogP contribution in [0, 0.1) is 0 Å². The summed E-state index contributed by atoms with van der Waals surface area (Å²) in [5.41, 5.74) is 12.8. The van der Waals surface area contributed by atoms with Crippen LogP contribution in [-0.2, 0) is 5.41 Å². The number of hydrogen-bond acceptors (Lipinski definition) is 3. The molecule has 52 heavy (non-hydrogen) atoms. The van der Waals surface area contributed by atoms with Crippen LogP contribution in [0.5, 0.6) is 0 Å². The van der Waals surface area contributed by atoms with Crippen molar-refractivity contribution >= 4 is 81.3 Å². The summed E-state index contributed by atoms with van der Waals surface area (Å²) in [5, 5.41) is 7.52. The van der Waals surface area contributed by atoms with E-state index in [-0.39, 0.29) is 5.41 Å². The van der Waals surface area contributed by atoms with Crippen molar-refractivity contribution in [2.24, 2.45) is 0 Å². The van der Waals surface area contributed by atoms with Gasteiger partial charge in [0.25, 0.3) is 0 Å². The number of benzene rings is 8. The Morgan fingerprint density at radius 3 is 2.06 bits per heavy atom. The van der Waals surface area contributed by atoms with E-state index < -0.39 is 0 Å². The van der Waals surface area contributed by atoms with E-state index in [0.717, 1.165) is 39.0 Å². The quantitative estimate of drug-likeness (QED) is 0.184. The van der Waals surface area contributed by atoms with Crippen LogP contribution in [0.1, 0.15) is 25.0 Å². The van der Waals surface area contributed by atoms with Gasteiger partial charge in [0.05, 0.1) is 0 Å². The number of furan rings is 1. The van der Waals surface area contributed by atoms with Crippen molar-refractivity contribution in [3.8, 4) is 22.3 Å². The summed E-state index contributed by atoms with van der Waals surface area (Å²) < 4.78 is 9.07. The molecule has 10 aromatic rings. The van der Waals surface area contributed by atoms with Crippen LogP contribution in [-0.4, -0.2) is 0 Å². The zero-order valence-electron chi connectivity index (χ0n) is 28.9. The third-order valence-electron chi connectivity index (χ3n) is 11.3. The molecule has 1 aliphatic rings. The first-order valence-corrected chi connectivity index (χ1v) is 18.7. The molecular formula is C49H33NOS. The lowest BCUT2D eigenvalue weighted by Crippen LogP contribution is -2.16. The summed E-state index contributed by atoms with van der Waals surface area (Å²) in [5.74, 6) is 0. The van der Waals surface area contributed by atoms with Crippen molar-refractivity contribution in [3.05, 3.63) is 175 Å². The molecule has 2 heterocycles. The Bertz CT molecular complexity index is 3050. The molecule has 0 spiro atoms.